The van der Waals surface area contributed by atoms with Crippen LogP contribution in [0.4, 0.5) is 18.9 Å². The second-order valence-corrected chi connectivity index (χ2v) is 6.35. The molecule has 0 aliphatic carbocycles. The summed E-state index contributed by atoms with van der Waals surface area (Å²) in [5, 5.41) is 8.72. The SMILES string of the molecule is O=C(CCNC(=O)c1cccs1)Nc1ccc(C(=O)NCC(F)(F)F)cc1. The summed E-state index contributed by atoms with van der Waals surface area (Å²) in [7, 11) is 0. The number of amides is 3. The van der Waals surface area contributed by atoms with E-state index in [4.69, 9.17) is 0 Å². The normalized spacial score (nSPS) is 10.9. The van der Waals surface area contributed by atoms with Crippen molar-refractivity contribution >= 4 is 34.7 Å². The highest BCUT2D eigenvalue weighted by atomic mass is 32.1. The Morgan fingerprint density at radius 3 is 2.26 bits per heavy atom. The lowest BCUT2D eigenvalue weighted by Crippen LogP contribution is -2.33. The highest BCUT2D eigenvalue weighted by Gasteiger charge is 2.27. The molecule has 2 rings (SSSR count). The van der Waals surface area contributed by atoms with Crippen LogP contribution < -0.4 is 16.0 Å². The van der Waals surface area contributed by atoms with Crippen LogP contribution >= 0.6 is 11.3 Å². The van der Waals surface area contributed by atoms with Crippen LogP contribution in [-0.2, 0) is 4.79 Å². The number of hydrogen-bond donors (Lipinski definition) is 3. The van der Waals surface area contributed by atoms with E-state index >= 15 is 0 Å². The molecule has 0 saturated heterocycles. The second kappa shape index (κ2) is 9.17. The van der Waals surface area contributed by atoms with E-state index in [9.17, 15) is 27.6 Å². The standard InChI is InChI=1S/C17H16F3N3O3S/c18-17(19,20)10-22-15(25)11-3-5-12(6-4-11)23-14(24)7-8-21-16(26)13-2-1-9-27-13/h1-6,9H,7-8,10H2,(H,21,26)(H,22,25)(H,23,24). The first kappa shape index (κ1) is 20.4. The zero-order valence-electron chi connectivity index (χ0n) is 13.9. The van der Waals surface area contributed by atoms with Crippen molar-refractivity contribution in [3.05, 3.63) is 52.2 Å². The fourth-order valence-electron chi connectivity index (χ4n) is 2.00. The first-order valence-corrected chi connectivity index (χ1v) is 8.69. The highest BCUT2D eigenvalue weighted by molar-refractivity contribution is 7.12. The maximum atomic E-state index is 12.1. The van der Waals surface area contributed by atoms with Gasteiger partial charge in [-0.2, -0.15) is 13.2 Å². The lowest BCUT2D eigenvalue weighted by molar-refractivity contribution is -0.123. The topological polar surface area (TPSA) is 87.3 Å². The van der Waals surface area contributed by atoms with E-state index < -0.39 is 18.6 Å². The second-order valence-electron chi connectivity index (χ2n) is 5.41. The summed E-state index contributed by atoms with van der Waals surface area (Å²) >= 11 is 1.29. The van der Waals surface area contributed by atoms with Gasteiger partial charge in [0.25, 0.3) is 11.8 Å². The number of alkyl halides is 3. The van der Waals surface area contributed by atoms with E-state index in [-0.39, 0.29) is 30.3 Å². The van der Waals surface area contributed by atoms with Gasteiger partial charge in [-0.25, -0.2) is 0 Å². The Balaban J connectivity index is 1.75. The predicted molar refractivity (Wildman–Crippen MR) is 94.7 cm³/mol. The Morgan fingerprint density at radius 2 is 1.67 bits per heavy atom. The smallest absolute Gasteiger partial charge is 0.351 e. The molecule has 1 heterocycles. The number of benzene rings is 1. The predicted octanol–water partition coefficient (Wildman–Crippen LogP) is 2.80. The summed E-state index contributed by atoms with van der Waals surface area (Å²) < 4.78 is 36.2. The first-order valence-electron chi connectivity index (χ1n) is 7.81. The molecule has 0 spiro atoms. The molecule has 1 aromatic carbocycles. The van der Waals surface area contributed by atoms with E-state index in [0.29, 0.717) is 10.6 Å². The maximum absolute atomic E-state index is 12.1. The van der Waals surface area contributed by atoms with Gasteiger partial charge in [0, 0.05) is 24.2 Å². The lowest BCUT2D eigenvalue weighted by Gasteiger charge is -2.09. The molecule has 0 saturated carbocycles. The van der Waals surface area contributed by atoms with Crippen molar-refractivity contribution in [3.8, 4) is 0 Å². The lowest BCUT2D eigenvalue weighted by atomic mass is 10.2. The van der Waals surface area contributed by atoms with Crippen LogP contribution in [0.1, 0.15) is 26.5 Å². The zero-order valence-corrected chi connectivity index (χ0v) is 14.7. The highest BCUT2D eigenvalue weighted by Crippen LogP contribution is 2.14. The number of halogens is 3. The van der Waals surface area contributed by atoms with Crippen molar-refractivity contribution in [2.45, 2.75) is 12.6 Å². The summed E-state index contributed by atoms with van der Waals surface area (Å²) in [5.41, 5.74) is 0.428. The Hall–Kier alpha value is -2.88. The Morgan fingerprint density at radius 1 is 0.963 bits per heavy atom. The van der Waals surface area contributed by atoms with Gasteiger partial charge < -0.3 is 16.0 Å². The summed E-state index contributed by atoms with van der Waals surface area (Å²) in [6.07, 6.45) is -4.44. The number of hydrogen-bond acceptors (Lipinski definition) is 4. The van der Waals surface area contributed by atoms with Crippen molar-refractivity contribution in [3.63, 3.8) is 0 Å². The molecule has 3 N–H and O–H groups in total. The number of thiophene rings is 1. The van der Waals surface area contributed by atoms with Crippen LogP contribution in [0, 0.1) is 0 Å². The molecule has 10 heteroatoms. The number of carbonyl (C=O) groups is 3. The van der Waals surface area contributed by atoms with Gasteiger partial charge >= 0.3 is 6.18 Å². The minimum atomic E-state index is -4.48. The molecule has 0 aliphatic rings. The van der Waals surface area contributed by atoms with Crippen LogP contribution in [0.15, 0.2) is 41.8 Å². The van der Waals surface area contributed by atoms with E-state index in [2.05, 4.69) is 10.6 Å². The third-order valence-electron chi connectivity index (χ3n) is 3.26. The zero-order chi connectivity index (χ0) is 19.9. The molecule has 1 aromatic heterocycles. The fraction of sp³-hybridized carbons (Fsp3) is 0.235. The molecule has 0 bridgehead atoms. The molecule has 0 aliphatic heterocycles. The summed E-state index contributed by atoms with van der Waals surface area (Å²) in [4.78, 5) is 35.7. The van der Waals surface area contributed by atoms with Crippen LogP contribution in [0.5, 0.6) is 0 Å². The Labute approximate surface area is 156 Å². The molecule has 3 amide bonds. The number of anilines is 1. The Kier molecular flexibility index (Phi) is 6.94. The molecule has 2 aromatic rings. The van der Waals surface area contributed by atoms with Crippen LogP contribution in [0.2, 0.25) is 0 Å². The molecular formula is C17H16F3N3O3S. The largest absolute Gasteiger partial charge is 0.405 e. The van der Waals surface area contributed by atoms with Gasteiger partial charge in [0.2, 0.25) is 5.91 Å². The van der Waals surface area contributed by atoms with Crippen LogP contribution in [0.3, 0.4) is 0 Å². The molecule has 0 fully saturated rings. The molecule has 27 heavy (non-hydrogen) atoms. The summed E-state index contributed by atoms with van der Waals surface area (Å²) in [6, 6.07) is 8.85. The van der Waals surface area contributed by atoms with Crippen molar-refractivity contribution in [2.75, 3.05) is 18.4 Å². The maximum Gasteiger partial charge on any atom is 0.405 e. The molecule has 144 valence electrons. The minimum absolute atomic E-state index is 0.0421. The van der Waals surface area contributed by atoms with E-state index in [1.54, 1.807) is 22.8 Å². The summed E-state index contributed by atoms with van der Waals surface area (Å²) in [5.74, 6) is -1.47. The monoisotopic (exact) mass is 399 g/mol. The van der Waals surface area contributed by atoms with Gasteiger partial charge in [-0.1, -0.05) is 6.07 Å². The quantitative estimate of drug-likeness (QED) is 0.669. The van der Waals surface area contributed by atoms with Gasteiger partial charge in [0.1, 0.15) is 6.54 Å². The fourth-order valence-corrected chi connectivity index (χ4v) is 2.64. The van der Waals surface area contributed by atoms with Crippen molar-refractivity contribution < 1.29 is 27.6 Å². The minimum Gasteiger partial charge on any atom is -0.351 e. The van der Waals surface area contributed by atoms with Gasteiger partial charge in [-0.15, -0.1) is 11.3 Å². The molecule has 0 unspecified atom stereocenters. The van der Waals surface area contributed by atoms with Gasteiger partial charge in [0.05, 0.1) is 4.88 Å². The summed E-state index contributed by atoms with van der Waals surface area (Å²) in [6.45, 7) is -1.26. The van der Waals surface area contributed by atoms with Gasteiger partial charge in [0.15, 0.2) is 0 Å². The van der Waals surface area contributed by atoms with Crippen molar-refractivity contribution in [2.24, 2.45) is 0 Å². The molecule has 0 atom stereocenters. The van der Waals surface area contributed by atoms with Crippen LogP contribution in [-0.4, -0.2) is 37.0 Å². The molecular weight excluding hydrogens is 383 g/mol. The Bertz CT molecular complexity index is 790. The van der Waals surface area contributed by atoms with Crippen molar-refractivity contribution in [1.29, 1.82) is 0 Å². The van der Waals surface area contributed by atoms with Gasteiger partial charge in [-0.05, 0) is 35.7 Å². The number of nitrogens with one attached hydrogen (secondary N) is 3. The van der Waals surface area contributed by atoms with Gasteiger partial charge in [-0.3, -0.25) is 14.4 Å². The van der Waals surface area contributed by atoms with Crippen molar-refractivity contribution in [1.82, 2.24) is 10.6 Å². The van der Waals surface area contributed by atoms with E-state index in [0.717, 1.165) is 0 Å². The first-order chi connectivity index (χ1) is 12.7. The third kappa shape index (κ3) is 7.10. The molecule has 0 radical (unpaired) electrons. The van der Waals surface area contributed by atoms with E-state index in [1.807, 2.05) is 0 Å². The average molecular weight is 399 g/mol. The average Bonchev–Trinajstić information content (AvgIpc) is 3.14. The molecule has 6 nitrogen and oxygen atoms in total. The van der Waals surface area contributed by atoms with Crippen LogP contribution in [0.25, 0.3) is 0 Å². The number of carbonyl (C=O) groups excluding carboxylic acids is 3. The number of rotatable bonds is 7. The third-order valence-corrected chi connectivity index (χ3v) is 4.13. The van der Waals surface area contributed by atoms with E-state index in [1.165, 1.54) is 35.6 Å².